The standard InChI is InChI=1S/C21H22N4OS/c1-2-15-14-27-21-23-19(17-8-3-4-10-22-17)20(25(15)21)18-9-5-11-24(18)13-16-7-6-12-26-16/h3-12,15,19-20H,2,13-14H2,1H3/t15-,19+,20-/m1/s1. The van der Waals surface area contributed by atoms with Crippen LogP contribution in [0.25, 0.3) is 0 Å². The molecule has 0 radical (unpaired) electrons. The molecule has 0 unspecified atom stereocenters. The Kier molecular flexibility index (Phi) is 4.28. The molecule has 0 aliphatic carbocycles. The van der Waals surface area contributed by atoms with Crippen LogP contribution in [0.15, 0.2) is 70.5 Å². The number of fused-ring (bicyclic) bond motifs is 1. The fraction of sp³-hybridized carbons (Fsp3) is 0.333. The third-order valence-electron chi connectivity index (χ3n) is 5.40. The summed E-state index contributed by atoms with van der Waals surface area (Å²) in [6.07, 6.45) is 6.85. The second kappa shape index (κ2) is 6.93. The Morgan fingerprint density at radius 3 is 2.93 bits per heavy atom. The van der Waals surface area contributed by atoms with Crippen LogP contribution < -0.4 is 0 Å². The van der Waals surface area contributed by atoms with Crippen molar-refractivity contribution in [2.24, 2.45) is 4.99 Å². The van der Waals surface area contributed by atoms with Crippen molar-refractivity contribution < 1.29 is 4.42 Å². The first-order valence-electron chi connectivity index (χ1n) is 9.42. The van der Waals surface area contributed by atoms with Crippen molar-refractivity contribution in [3.8, 4) is 0 Å². The summed E-state index contributed by atoms with van der Waals surface area (Å²) in [6.45, 7) is 3.00. The van der Waals surface area contributed by atoms with Gasteiger partial charge in [0.05, 0.1) is 24.5 Å². The number of aliphatic imine (C=N–C) groups is 1. The zero-order chi connectivity index (χ0) is 18.2. The minimum absolute atomic E-state index is 0.0216. The molecular weight excluding hydrogens is 356 g/mol. The summed E-state index contributed by atoms with van der Waals surface area (Å²) in [7, 11) is 0. The SMILES string of the molecule is CC[C@@H]1CSC2=N[C@@H](c3ccccn3)[C@@H](c3cccn3Cc3ccco3)N21. The second-order valence-electron chi connectivity index (χ2n) is 6.98. The molecule has 6 heteroatoms. The van der Waals surface area contributed by atoms with Gasteiger partial charge in [-0.1, -0.05) is 24.8 Å². The second-order valence-corrected chi connectivity index (χ2v) is 7.96. The van der Waals surface area contributed by atoms with Crippen LogP contribution in [0, 0.1) is 0 Å². The maximum Gasteiger partial charge on any atom is 0.160 e. The van der Waals surface area contributed by atoms with Crippen molar-refractivity contribution in [1.82, 2.24) is 14.5 Å². The van der Waals surface area contributed by atoms with Crippen LogP contribution in [-0.4, -0.2) is 31.4 Å². The lowest BCUT2D eigenvalue weighted by atomic mass is 9.99. The van der Waals surface area contributed by atoms with Crippen molar-refractivity contribution in [3.05, 3.63) is 78.3 Å². The van der Waals surface area contributed by atoms with Crippen molar-refractivity contribution >= 4 is 16.9 Å². The van der Waals surface area contributed by atoms with Gasteiger partial charge in [-0.15, -0.1) is 0 Å². The predicted molar refractivity (Wildman–Crippen MR) is 108 cm³/mol. The summed E-state index contributed by atoms with van der Waals surface area (Å²) in [5, 5.41) is 1.16. The first-order chi connectivity index (χ1) is 13.3. The van der Waals surface area contributed by atoms with E-state index in [4.69, 9.17) is 9.41 Å². The minimum Gasteiger partial charge on any atom is -0.467 e. The molecule has 5 heterocycles. The van der Waals surface area contributed by atoms with E-state index in [9.17, 15) is 0 Å². The van der Waals surface area contributed by atoms with Gasteiger partial charge in [0.2, 0.25) is 0 Å². The molecule has 0 bridgehead atoms. The number of hydrogen-bond acceptors (Lipinski definition) is 5. The van der Waals surface area contributed by atoms with Gasteiger partial charge in [-0.25, -0.2) is 0 Å². The number of thioether (sulfide) groups is 1. The van der Waals surface area contributed by atoms with Gasteiger partial charge in [0.1, 0.15) is 11.8 Å². The van der Waals surface area contributed by atoms with Gasteiger partial charge in [-0.2, -0.15) is 0 Å². The smallest absolute Gasteiger partial charge is 0.160 e. The average Bonchev–Trinajstić information content (AvgIpc) is 3.47. The Morgan fingerprint density at radius 2 is 2.15 bits per heavy atom. The molecule has 3 aromatic rings. The third kappa shape index (κ3) is 2.88. The molecule has 0 saturated carbocycles. The summed E-state index contributed by atoms with van der Waals surface area (Å²) >= 11 is 1.88. The maximum atomic E-state index is 5.59. The van der Waals surface area contributed by atoms with Crippen LogP contribution in [0.1, 0.15) is 42.6 Å². The van der Waals surface area contributed by atoms with Crippen LogP contribution in [0.5, 0.6) is 0 Å². The molecule has 3 aromatic heterocycles. The highest BCUT2D eigenvalue weighted by Gasteiger charge is 2.46. The Bertz CT molecular complexity index is 934. The van der Waals surface area contributed by atoms with Gasteiger partial charge in [0.15, 0.2) is 5.17 Å². The van der Waals surface area contributed by atoms with E-state index in [0.717, 1.165) is 35.3 Å². The molecule has 5 rings (SSSR count). The fourth-order valence-corrected chi connectivity index (χ4v) is 5.42. The first kappa shape index (κ1) is 16.7. The number of hydrogen-bond donors (Lipinski definition) is 0. The van der Waals surface area contributed by atoms with Crippen molar-refractivity contribution in [3.63, 3.8) is 0 Å². The molecule has 138 valence electrons. The van der Waals surface area contributed by atoms with E-state index in [1.807, 2.05) is 36.2 Å². The van der Waals surface area contributed by atoms with Crippen LogP contribution in [0.3, 0.4) is 0 Å². The van der Waals surface area contributed by atoms with Gasteiger partial charge < -0.3 is 13.9 Å². The lowest BCUT2D eigenvalue weighted by Gasteiger charge is -2.32. The molecule has 1 saturated heterocycles. The monoisotopic (exact) mass is 378 g/mol. The van der Waals surface area contributed by atoms with Crippen LogP contribution >= 0.6 is 11.8 Å². The zero-order valence-corrected chi connectivity index (χ0v) is 16.0. The first-order valence-corrected chi connectivity index (χ1v) is 10.4. The van der Waals surface area contributed by atoms with E-state index >= 15 is 0 Å². The number of furan rings is 1. The molecule has 2 aliphatic heterocycles. The highest BCUT2D eigenvalue weighted by atomic mass is 32.2. The molecule has 0 spiro atoms. The Morgan fingerprint density at radius 1 is 1.19 bits per heavy atom. The van der Waals surface area contributed by atoms with Crippen LogP contribution in [-0.2, 0) is 6.54 Å². The molecule has 5 nitrogen and oxygen atoms in total. The highest BCUT2D eigenvalue weighted by Crippen LogP contribution is 2.48. The van der Waals surface area contributed by atoms with Gasteiger partial charge in [0.25, 0.3) is 0 Å². The Hall–Kier alpha value is -2.47. The zero-order valence-electron chi connectivity index (χ0n) is 15.2. The summed E-state index contributed by atoms with van der Waals surface area (Å²) in [5.74, 6) is 2.07. The number of aromatic nitrogens is 2. The number of rotatable bonds is 5. The van der Waals surface area contributed by atoms with Crippen LogP contribution in [0.2, 0.25) is 0 Å². The summed E-state index contributed by atoms with van der Waals surface area (Å²) in [5.41, 5.74) is 2.30. The van der Waals surface area contributed by atoms with E-state index in [-0.39, 0.29) is 12.1 Å². The summed E-state index contributed by atoms with van der Waals surface area (Å²) in [4.78, 5) is 12.3. The maximum absolute atomic E-state index is 5.59. The largest absolute Gasteiger partial charge is 0.467 e. The van der Waals surface area contributed by atoms with E-state index in [0.29, 0.717) is 6.04 Å². The van der Waals surface area contributed by atoms with Crippen molar-refractivity contribution in [2.75, 3.05) is 5.75 Å². The van der Waals surface area contributed by atoms with Gasteiger partial charge in [-0.05, 0) is 42.8 Å². The van der Waals surface area contributed by atoms with Gasteiger partial charge in [-0.3, -0.25) is 9.98 Å². The molecule has 27 heavy (non-hydrogen) atoms. The quantitative estimate of drug-likeness (QED) is 0.656. The summed E-state index contributed by atoms with van der Waals surface area (Å²) < 4.78 is 7.87. The molecule has 0 N–H and O–H groups in total. The molecule has 0 amide bonds. The third-order valence-corrected chi connectivity index (χ3v) is 6.53. The number of pyridine rings is 1. The molecule has 0 aromatic carbocycles. The molecular formula is C21H22N4OS. The highest BCUT2D eigenvalue weighted by molar-refractivity contribution is 8.14. The topological polar surface area (TPSA) is 46.6 Å². The van der Waals surface area contributed by atoms with Crippen LogP contribution in [0.4, 0.5) is 0 Å². The average molecular weight is 379 g/mol. The fourth-order valence-electron chi connectivity index (χ4n) is 4.08. The van der Waals surface area contributed by atoms with E-state index in [1.54, 1.807) is 6.26 Å². The molecule has 3 atom stereocenters. The van der Waals surface area contributed by atoms with Crippen molar-refractivity contribution in [1.29, 1.82) is 0 Å². The summed E-state index contributed by atoms with van der Waals surface area (Å²) in [6, 6.07) is 15.1. The molecule has 2 aliphatic rings. The number of amidine groups is 1. The predicted octanol–water partition coefficient (Wildman–Crippen LogP) is 4.50. The van der Waals surface area contributed by atoms with E-state index < -0.39 is 0 Å². The minimum atomic E-state index is 0.0216. The van der Waals surface area contributed by atoms with Gasteiger partial charge >= 0.3 is 0 Å². The Labute approximate surface area is 163 Å². The van der Waals surface area contributed by atoms with E-state index in [1.165, 1.54) is 5.69 Å². The Balaban J connectivity index is 1.56. The normalized spacial score (nSPS) is 24.3. The lowest BCUT2D eigenvalue weighted by Crippen LogP contribution is -2.36. The number of nitrogens with zero attached hydrogens (tertiary/aromatic N) is 4. The lowest BCUT2D eigenvalue weighted by molar-refractivity contribution is 0.245. The molecule has 1 fully saturated rings. The van der Waals surface area contributed by atoms with Crippen molar-refractivity contribution in [2.45, 2.75) is 38.0 Å². The van der Waals surface area contributed by atoms with E-state index in [2.05, 4.69) is 51.8 Å². The van der Waals surface area contributed by atoms with Gasteiger partial charge in [0, 0.05) is 29.9 Å².